The van der Waals surface area contributed by atoms with Gasteiger partial charge in [0.2, 0.25) is 0 Å². The Hall–Kier alpha value is -2.64. The predicted octanol–water partition coefficient (Wildman–Crippen LogP) is 3.49. The molecule has 0 unspecified atom stereocenters. The third-order valence-corrected chi connectivity index (χ3v) is 3.24. The van der Waals surface area contributed by atoms with Crippen molar-refractivity contribution in [2.24, 2.45) is 5.10 Å². The molecule has 2 aromatic rings. The SMILES string of the molecule is CC(C)(C)c1cc(C(=O)NN=Cc2ccc(C(F)(F)F)cc2)n[nH]1. The number of benzene rings is 1. The van der Waals surface area contributed by atoms with E-state index in [9.17, 15) is 18.0 Å². The molecule has 1 amide bonds. The molecule has 0 bridgehead atoms. The lowest BCUT2D eigenvalue weighted by molar-refractivity contribution is -0.137. The van der Waals surface area contributed by atoms with Crippen LogP contribution in [0.5, 0.6) is 0 Å². The van der Waals surface area contributed by atoms with Gasteiger partial charge in [-0.05, 0) is 23.8 Å². The molecule has 0 spiro atoms. The van der Waals surface area contributed by atoms with Gasteiger partial charge in [-0.25, -0.2) is 5.43 Å². The Bertz CT molecular complexity index is 740. The molecule has 1 aromatic carbocycles. The van der Waals surface area contributed by atoms with Gasteiger partial charge >= 0.3 is 6.18 Å². The van der Waals surface area contributed by atoms with Gasteiger partial charge in [-0.15, -0.1) is 0 Å². The number of hydrazone groups is 1. The van der Waals surface area contributed by atoms with Crippen LogP contribution in [-0.4, -0.2) is 22.3 Å². The molecule has 2 rings (SSSR count). The largest absolute Gasteiger partial charge is 0.416 e. The van der Waals surface area contributed by atoms with Crippen LogP contribution in [0.3, 0.4) is 0 Å². The monoisotopic (exact) mass is 338 g/mol. The van der Waals surface area contributed by atoms with E-state index in [2.05, 4.69) is 20.7 Å². The number of rotatable bonds is 3. The van der Waals surface area contributed by atoms with Crippen LogP contribution < -0.4 is 5.43 Å². The zero-order chi connectivity index (χ0) is 18.0. The van der Waals surface area contributed by atoms with Gasteiger partial charge in [0, 0.05) is 11.1 Å². The summed E-state index contributed by atoms with van der Waals surface area (Å²) < 4.78 is 37.4. The number of H-pyrrole nitrogens is 1. The average molecular weight is 338 g/mol. The quantitative estimate of drug-likeness (QED) is 0.664. The number of hydrogen-bond acceptors (Lipinski definition) is 3. The molecule has 5 nitrogen and oxygen atoms in total. The van der Waals surface area contributed by atoms with Crippen molar-refractivity contribution in [2.75, 3.05) is 0 Å². The van der Waals surface area contributed by atoms with E-state index in [4.69, 9.17) is 0 Å². The van der Waals surface area contributed by atoms with Crippen molar-refractivity contribution in [2.45, 2.75) is 32.4 Å². The Morgan fingerprint density at radius 3 is 2.33 bits per heavy atom. The van der Waals surface area contributed by atoms with Gasteiger partial charge < -0.3 is 0 Å². The van der Waals surface area contributed by atoms with E-state index >= 15 is 0 Å². The number of hydrogen-bond donors (Lipinski definition) is 2. The molecule has 0 aliphatic carbocycles. The fraction of sp³-hybridized carbons (Fsp3) is 0.312. The molecule has 0 fully saturated rings. The number of carbonyl (C=O) groups is 1. The van der Waals surface area contributed by atoms with E-state index in [0.29, 0.717) is 5.56 Å². The number of alkyl halides is 3. The highest BCUT2D eigenvalue weighted by molar-refractivity contribution is 5.93. The van der Waals surface area contributed by atoms with Crippen LogP contribution in [0.4, 0.5) is 13.2 Å². The Kier molecular flexibility index (Phi) is 4.77. The summed E-state index contributed by atoms with van der Waals surface area (Å²) in [5, 5.41) is 10.4. The van der Waals surface area contributed by atoms with Gasteiger partial charge in [0.1, 0.15) is 0 Å². The molecule has 2 N–H and O–H groups in total. The lowest BCUT2D eigenvalue weighted by atomic mass is 9.92. The first-order valence-electron chi connectivity index (χ1n) is 7.14. The van der Waals surface area contributed by atoms with Crippen LogP contribution in [0.2, 0.25) is 0 Å². The van der Waals surface area contributed by atoms with Crippen LogP contribution in [0.15, 0.2) is 35.4 Å². The minimum Gasteiger partial charge on any atom is -0.281 e. The minimum atomic E-state index is -4.38. The first kappa shape index (κ1) is 17.7. The van der Waals surface area contributed by atoms with Gasteiger partial charge in [0.25, 0.3) is 5.91 Å². The Morgan fingerprint density at radius 2 is 1.83 bits per heavy atom. The third kappa shape index (κ3) is 4.43. The predicted molar refractivity (Wildman–Crippen MR) is 83.8 cm³/mol. The second kappa shape index (κ2) is 6.46. The maximum atomic E-state index is 12.5. The van der Waals surface area contributed by atoms with Crippen LogP contribution in [0.1, 0.15) is 48.1 Å². The van der Waals surface area contributed by atoms with Gasteiger partial charge in [0.05, 0.1) is 11.8 Å². The zero-order valence-electron chi connectivity index (χ0n) is 13.4. The molecular weight excluding hydrogens is 321 g/mol. The highest BCUT2D eigenvalue weighted by atomic mass is 19.4. The second-order valence-electron chi connectivity index (χ2n) is 6.24. The number of carbonyl (C=O) groups excluding carboxylic acids is 1. The van der Waals surface area contributed by atoms with E-state index in [1.54, 1.807) is 6.07 Å². The maximum absolute atomic E-state index is 12.5. The normalized spacial score (nSPS) is 12.6. The standard InChI is InChI=1S/C16H17F3N4O/c1-15(2,3)13-8-12(21-22-13)14(24)23-20-9-10-4-6-11(7-5-10)16(17,18)19/h4-9H,1-3H3,(H,21,22)(H,23,24). The topological polar surface area (TPSA) is 70.1 Å². The molecule has 0 saturated carbocycles. The number of nitrogens with zero attached hydrogens (tertiary/aromatic N) is 2. The molecule has 24 heavy (non-hydrogen) atoms. The van der Waals surface area contributed by atoms with Crippen LogP contribution in [0.25, 0.3) is 0 Å². The fourth-order valence-corrected chi connectivity index (χ4v) is 1.80. The summed E-state index contributed by atoms with van der Waals surface area (Å²) in [6.07, 6.45) is -3.12. The summed E-state index contributed by atoms with van der Waals surface area (Å²) in [5.41, 5.74) is 2.79. The molecule has 0 atom stereocenters. The van der Waals surface area contributed by atoms with Crippen molar-refractivity contribution >= 4 is 12.1 Å². The van der Waals surface area contributed by atoms with Crippen molar-refractivity contribution in [1.82, 2.24) is 15.6 Å². The Labute approximate surface area is 137 Å². The third-order valence-electron chi connectivity index (χ3n) is 3.24. The molecule has 8 heteroatoms. The summed E-state index contributed by atoms with van der Waals surface area (Å²) in [7, 11) is 0. The van der Waals surface area contributed by atoms with Crippen molar-refractivity contribution in [3.05, 3.63) is 52.8 Å². The van der Waals surface area contributed by atoms with E-state index in [-0.39, 0.29) is 11.1 Å². The molecule has 0 aliphatic rings. The Morgan fingerprint density at radius 1 is 1.21 bits per heavy atom. The van der Waals surface area contributed by atoms with Crippen molar-refractivity contribution < 1.29 is 18.0 Å². The summed E-state index contributed by atoms with van der Waals surface area (Å²) in [4.78, 5) is 11.9. The van der Waals surface area contributed by atoms with Crippen LogP contribution in [0, 0.1) is 0 Å². The summed E-state index contributed by atoms with van der Waals surface area (Å²) in [6, 6.07) is 6.07. The molecule has 0 aliphatic heterocycles. The van der Waals surface area contributed by atoms with Crippen molar-refractivity contribution in [1.29, 1.82) is 0 Å². The molecule has 0 saturated heterocycles. The fourth-order valence-electron chi connectivity index (χ4n) is 1.80. The molecular formula is C16H17F3N4O. The maximum Gasteiger partial charge on any atom is 0.416 e. The molecule has 1 heterocycles. The zero-order valence-corrected chi connectivity index (χ0v) is 13.4. The second-order valence-corrected chi connectivity index (χ2v) is 6.24. The first-order valence-corrected chi connectivity index (χ1v) is 7.14. The van der Waals surface area contributed by atoms with E-state index in [1.165, 1.54) is 18.3 Å². The lowest BCUT2D eigenvalue weighted by Crippen LogP contribution is -2.18. The molecule has 128 valence electrons. The summed E-state index contributed by atoms with van der Waals surface area (Å²) >= 11 is 0. The number of amides is 1. The average Bonchev–Trinajstić information content (AvgIpc) is 2.96. The number of aromatic amines is 1. The highest BCUT2D eigenvalue weighted by Crippen LogP contribution is 2.28. The number of aromatic nitrogens is 2. The number of nitrogens with one attached hydrogen (secondary N) is 2. The summed E-state index contributed by atoms with van der Waals surface area (Å²) in [6.45, 7) is 5.93. The smallest absolute Gasteiger partial charge is 0.281 e. The van der Waals surface area contributed by atoms with Crippen LogP contribution >= 0.6 is 0 Å². The summed E-state index contributed by atoms with van der Waals surface area (Å²) in [5.74, 6) is -0.509. The van der Waals surface area contributed by atoms with E-state index < -0.39 is 17.6 Å². The molecule has 0 radical (unpaired) electrons. The van der Waals surface area contributed by atoms with Crippen molar-refractivity contribution in [3.8, 4) is 0 Å². The van der Waals surface area contributed by atoms with E-state index in [0.717, 1.165) is 17.8 Å². The van der Waals surface area contributed by atoms with Crippen LogP contribution in [-0.2, 0) is 11.6 Å². The number of halogens is 3. The highest BCUT2D eigenvalue weighted by Gasteiger charge is 2.29. The van der Waals surface area contributed by atoms with Crippen molar-refractivity contribution in [3.63, 3.8) is 0 Å². The molecule has 1 aromatic heterocycles. The van der Waals surface area contributed by atoms with E-state index in [1.807, 2.05) is 20.8 Å². The minimum absolute atomic E-state index is 0.172. The van der Waals surface area contributed by atoms with Gasteiger partial charge in [0.15, 0.2) is 5.69 Å². The Balaban J connectivity index is 1.98. The van der Waals surface area contributed by atoms with Gasteiger partial charge in [-0.3, -0.25) is 9.89 Å². The van der Waals surface area contributed by atoms with Gasteiger partial charge in [-0.2, -0.15) is 23.4 Å². The lowest BCUT2D eigenvalue weighted by Gasteiger charge is -2.14. The van der Waals surface area contributed by atoms with Gasteiger partial charge in [-0.1, -0.05) is 32.9 Å². The first-order chi connectivity index (χ1) is 11.1.